The Bertz CT molecular complexity index is 1230. The fourth-order valence-electron chi connectivity index (χ4n) is 5.04. The number of hydrogen-bond acceptors (Lipinski definition) is 3. The summed E-state index contributed by atoms with van der Waals surface area (Å²) in [6.07, 6.45) is 5.81. The lowest BCUT2D eigenvalue weighted by Crippen LogP contribution is -2.51. The molecule has 2 N–H and O–H groups in total. The highest BCUT2D eigenvalue weighted by Crippen LogP contribution is 2.51. The molecule has 1 atom stereocenters. The summed E-state index contributed by atoms with van der Waals surface area (Å²) >= 11 is 0. The van der Waals surface area contributed by atoms with Crippen LogP contribution in [0.25, 0.3) is 11.1 Å². The first kappa shape index (κ1) is 28.0. The van der Waals surface area contributed by atoms with E-state index in [-0.39, 0.29) is 17.5 Å². The van der Waals surface area contributed by atoms with Crippen LogP contribution in [0.4, 0.5) is 0 Å². The van der Waals surface area contributed by atoms with E-state index >= 15 is 0 Å². The smallest absolute Gasteiger partial charge is 0.303 e. The maximum Gasteiger partial charge on any atom is 0.303 e. The van der Waals surface area contributed by atoms with E-state index in [0.29, 0.717) is 13.0 Å². The van der Waals surface area contributed by atoms with Gasteiger partial charge >= 0.3 is 5.97 Å². The monoisotopic (exact) mass is 527 g/mol. The van der Waals surface area contributed by atoms with E-state index in [0.717, 1.165) is 6.42 Å². The molecular formula is C33H41NO3Si. The Morgan fingerprint density at radius 3 is 2.05 bits per heavy atom. The molecule has 200 valence electrons. The number of carboxylic acids is 1. The maximum absolute atomic E-state index is 11.0. The number of aliphatic carboxylic acids is 1. The predicted octanol–water partition coefficient (Wildman–Crippen LogP) is 7.75. The highest BCUT2D eigenvalue weighted by molar-refractivity contribution is 6.74. The van der Waals surface area contributed by atoms with E-state index in [4.69, 9.17) is 9.53 Å². The second-order valence-electron chi connectivity index (χ2n) is 11.7. The molecule has 0 bridgehead atoms. The van der Waals surface area contributed by atoms with E-state index < -0.39 is 19.8 Å². The van der Waals surface area contributed by atoms with Crippen LogP contribution in [0, 0.1) is 0 Å². The second kappa shape index (κ2) is 11.4. The lowest BCUT2D eigenvalue weighted by molar-refractivity contribution is -0.137. The molecule has 4 rings (SSSR count). The molecule has 0 spiro atoms. The summed E-state index contributed by atoms with van der Waals surface area (Å²) < 4.78 is 6.75. The van der Waals surface area contributed by atoms with Crippen molar-refractivity contribution in [2.45, 2.75) is 69.7 Å². The summed E-state index contributed by atoms with van der Waals surface area (Å²) in [5.74, 6) is -0.753. The Morgan fingerprint density at radius 2 is 1.50 bits per heavy atom. The largest absolute Gasteiger partial charge is 0.481 e. The number of allylic oxidation sites excluding steroid dienone is 1. The summed E-state index contributed by atoms with van der Waals surface area (Å²) in [6.45, 7) is 11.9. The minimum absolute atomic E-state index is 0.0756. The van der Waals surface area contributed by atoms with Crippen molar-refractivity contribution in [1.29, 1.82) is 0 Å². The van der Waals surface area contributed by atoms with Crippen LogP contribution in [-0.4, -0.2) is 32.0 Å². The lowest BCUT2D eigenvalue weighted by Gasteiger charge is -2.40. The summed E-state index contributed by atoms with van der Waals surface area (Å²) in [6, 6.07) is 27.9. The molecule has 0 radical (unpaired) electrons. The summed E-state index contributed by atoms with van der Waals surface area (Å²) in [7, 11) is -1.99. The van der Waals surface area contributed by atoms with Gasteiger partial charge in [-0.2, -0.15) is 0 Å². The third kappa shape index (κ3) is 5.70. The van der Waals surface area contributed by atoms with E-state index in [1.54, 1.807) is 0 Å². The van der Waals surface area contributed by atoms with Gasteiger partial charge in [0.2, 0.25) is 0 Å². The molecule has 0 saturated heterocycles. The van der Waals surface area contributed by atoms with Gasteiger partial charge in [-0.3, -0.25) is 10.1 Å². The highest BCUT2D eigenvalue weighted by atomic mass is 28.4. The van der Waals surface area contributed by atoms with Crippen molar-refractivity contribution in [3.05, 3.63) is 108 Å². The Kier molecular flexibility index (Phi) is 8.41. The van der Waals surface area contributed by atoms with Crippen molar-refractivity contribution in [1.82, 2.24) is 5.32 Å². The molecule has 1 aliphatic rings. The number of carboxylic acid groups (broad SMARTS) is 1. The summed E-state index contributed by atoms with van der Waals surface area (Å²) in [4.78, 5) is 11.0. The first-order valence-electron chi connectivity index (χ1n) is 13.6. The van der Waals surface area contributed by atoms with Crippen LogP contribution in [-0.2, 0) is 14.8 Å². The van der Waals surface area contributed by atoms with Gasteiger partial charge in [0.1, 0.15) is 0 Å². The number of rotatable bonds is 11. The van der Waals surface area contributed by atoms with Crippen molar-refractivity contribution in [2.24, 2.45) is 0 Å². The molecule has 3 aromatic rings. The van der Waals surface area contributed by atoms with E-state index in [2.05, 4.69) is 130 Å². The molecule has 4 nitrogen and oxygen atoms in total. The Labute approximate surface area is 228 Å². The van der Waals surface area contributed by atoms with Crippen LogP contribution in [0.2, 0.25) is 18.1 Å². The van der Waals surface area contributed by atoms with Gasteiger partial charge in [0.25, 0.3) is 0 Å². The molecular weight excluding hydrogens is 486 g/mol. The molecule has 0 saturated carbocycles. The van der Waals surface area contributed by atoms with Crippen LogP contribution in [0.5, 0.6) is 0 Å². The lowest BCUT2D eigenvalue weighted by atomic mass is 9.80. The standard InChI is InChI=1S/C33H41NO3Si/c1-32(2,3)38(4,5)37-24-26(18-10-7-11-23-31(35)36)34-33(25-16-8-6-9-17-25)29-21-14-12-19-27(29)28-20-13-15-22-30(28)33/h6,8-10,12-22,26,34H,7,11,23-24H2,1-5H3,(H,35,36)/t26-/m0/s1. The summed E-state index contributed by atoms with van der Waals surface area (Å²) in [5, 5.41) is 13.2. The minimum atomic E-state index is -1.99. The normalized spacial score (nSPS) is 15.3. The van der Waals surface area contributed by atoms with Crippen LogP contribution in [0.15, 0.2) is 91.0 Å². The van der Waals surface area contributed by atoms with Crippen LogP contribution < -0.4 is 5.32 Å². The zero-order valence-electron chi connectivity index (χ0n) is 23.3. The number of fused-ring (bicyclic) bond motifs is 3. The predicted molar refractivity (Wildman–Crippen MR) is 159 cm³/mol. The molecule has 3 aromatic carbocycles. The SMILES string of the molecule is CC(C)(C)[Si](C)(C)OC[C@H](C=CCCCC(=O)O)NC1(c2ccccc2)c2ccccc2-c2ccccc21. The van der Waals surface area contributed by atoms with Gasteiger partial charge in [-0.1, -0.05) is 112 Å². The van der Waals surface area contributed by atoms with Crippen molar-refractivity contribution in [3.8, 4) is 11.1 Å². The van der Waals surface area contributed by atoms with Gasteiger partial charge in [-0.05, 0) is 58.8 Å². The molecule has 0 heterocycles. The van der Waals surface area contributed by atoms with Gasteiger partial charge < -0.3 is 9.53 Å². The minimum Gasteiger partial charge on any atom is -0.481 e. The first-order chi connectivity index (χ1) is 18.1. The van der Waals surface area contributed by atoms with Crippen molar-refractivity contribution in [2.75, 3.05) is 6.61 Å². The topological polar surface area (TPSA) is 58.6 Å². The number of nitrogens with one attached hydrogen (secondary N) is 1. The Balaban J connectivity index is 1.77. The molecule has 0 unspecified atom stereocenters. The van der Waals surface area contributed by atoms with Gasteiger partial charge in [-0.15, -0.1) is 0 Å². The third-order valence-electron chi connectivity index (χ3n) is 8.12. The van der Waals surface area contributed by atoms with Gasteiger partial charge in [0.15, 0.2) is 8.32 Å². The van der Waals surface area contributed by atoms with E-state index in [9.17, 15) is 4.79 Å². The molecule has 0 aromatic heterocycles. The maximum atomic E-state index is 11.0. The Morgan fingerprint density at radius 1 is 0.947 bits per heavy atom. The third-order valence-corrected chi connectivity index (χ3v) is 12.6. The summed E-state index contributed by atoms with van der Waals surface area (Å²) in [5.41, 5.74) is 5.62. The molecule has 5 heteroatoms. The van der Waals surface area contributed by atoms with Gasteiger partial charge in [0, 0.05) is 12.5 Å². The average molecular weight is 528 g/mol. The molecule has 0 fully saturated rings. The van der Waals surface area contributed by atoms with Crippen molar-refractivity contribution >= 4 is 14.3 Å². The molecule has 1 aliphatic carbocycles. The van der Waals surface area contributed by atoms with Crippen LogP contribution in [0.3, 0.4) is 0 Å². The van der Waals surface area contributed by atoms with Gasteiger partial charge in [0.05, 0.1) is 12.1 Å². The molecule has 0 aliphatic heterocycles. The fourth-order valence-corrected chi connectivity index (χ4v) is 6.07. The zero-order chi connectivity index (χ0) is 27.4. The number of benzene rings is 3. The van der Waals surface area contributed by atoms with E-state index in [1.165, 1.54) is 27.8 Å². The molecule has 0 amide bonds. The number of carbonyl (C=O) groups is 1. The van der Waals surface area contributed by atoms with Crippen LogP contribution in [0.1, 0.15) is 56.7 Å². The Hall–Kier alpha value is -2.99. The van der Waals surface area contributed by atoms with Crippen molar-refractivity contribution < 1.29 is 14.3 Å². The quantitative estimate of drug-likeness (QED) is 0.152. The second-order valence-corrected chi connectivity index (χ2v) is 16.6. The number of hydrogen-bond donors (Lipinski definition) is 2. The fraction of sp³-hybridized carbons (Fsp3) is 0.364. The molecule has 38 heavy (non-hydrogen) atoms. The van der Waals surface area contributed by atoms with E-state index in [1.807, 2.05) is 0 Å². The van der Waals surface area contributed by atoms with Gasteiger partial charge in [-0.25, -0.2) is 0 Å². The number of unbranched alkanes of at least 4 members (excludes halogenated alkanes) is 1. The first-order valence-corrected chi connectivity index (χ1v) is 16.5. The van der Waals surface area contributed by atoms with Crippen LogP contribution >= 0.6 is 0 Å². The van der Waals surface area contributed by atoms with Crippen molar-refractivity contribution in [3.63, 3.8) is 0 Å². The average Bonchev–Trinajstić information content (AvgIpc) is 3.17. The zero-order valence-corrected chi connectivity index (χ0v) is 24.3. The highest BCUT2D eigenvalue weighted by Gasteiger charge is 2.46.